The lowest BCUT2D eigenvalue weighted by Crippen LogP contribution is -2.12. The molecule has 0 saturated carbocycles. The van der Waals surface area contributed by atoms with E-state index in [1.54, 1.807) is 6.07 Å². The number of carbonyl (C=O) groups excluding carboxylic acids is 1. The van der Waals surface area contributed by atoms with E-state index < -0.39 is 0 Å². The van der Waals surface area contributed by atoms with Crippen LogP contribution in [0.5, 0.6) is 0 Å². The van der Waals surface area contributed by atoms with Crippen molar-refractivity contribution in [2.24, 2.45) is 0 Å². The summed E-state index contributed by atoms with van der Waals surface area (Å²) in [6.45, 7) is 0. The zero-order valence-corrected chi connectivity index (χ0v) is 10.1. The Bertz CT molecular complexity index is 548. The summed E-state index contributed by atoms with van der Waals surface area (Å²) in [5, 5.41) is 9.80. The molecule has 1 N–H and O–H groups in total. The van der Waals surface area contributed by atoms with E-state index in [9.17, 15) is 9.18 Å². The molecule has 2 aromatic rings. The van der Waals surface area contributed by atoms with Crippen LogP contribution in [0, 0.1) is 5.82 Å². The molecule has 4 nitrogen and oxygen atoms in total. The summed E-state index contributed by atoms with van der Waals surface area (Å²) in [5.74, 6) is -0.702. The summed E-state index contributed by atoms with van der Waals surface area (Å²) in [7, 11) is 0. The molecule has 0 radical (unpaired) electrons. The lowest BCUT2D eigenvalue weighted by atomic mass is 10.2. The van der Waals surface area contributed by atoms with Crippen molar-refractivity contribution in [1.29, 1.82) is 0 Å². The van der Waals surface area contributed by atoms with Gasteiger partial charge in [0, 0.05) is 5.69 Å². The second-order valence-corrected chi connectivity index (χ2v) is 4.07. The smallest absolute Gasteiger partial charge is 0.257 e. The number of aromatic nitrogens is 2. The number of benzene rings is 1. The van der Waals surface area contributed by atoms with Crippen LogP contribution < -0.4 is 5.32 Å². The molecule has 0 fully saturated rings. The van der Waals surface area contributed by atoms with E-state index in [0.717, 1.165) is 0 Å². The molecule has 6 heteroatoms. The minimum Gasteiger partial charge on any atom is -0.322 e. The van der Waals surface area contributed by atoms with Crippen molar-refractivity contribution in [3.8, 4) is 0 Å². The fraction of sp³-hybridized carbons (Fsp3) is 0. The normalized spacial score (nSPS) is 10.0. The van der Waals surface area contributed by atoms with E-state index in [4.69, 9.17) is 0 Å². The molecule has 0 atom stereocenters. The highest BCUT2D eigenvalue weighted by Gasteiger charge is 2.07. The topological polar surface area (TPSA) is 54.9 Å². The molecule has 0 unspecified atom stereocenters. The van der Waals surface area contributed by atoms with Gasteiger partial charge in [0.15, 0.2) is 0 Å². The molecule has 1 aromatic heterocycles. The lowest BCUT2D eigenvalue weighted by Gasteiger charge is -2.05. The quantitative estimate of drug-likeness (QED) is 0.927. The van der Waals surface area contributed by atoms with Crippen molar-refractivity contribution in [2.45, 2.75) is 0 Å². The first kappa shape index (κ1) is 11.7. The predicted octanol–water partition coefficient (Wildman–Crippen LogP) is 2.63. The van der Waals surface area contributed by atoms with E-state index in [-0.39, 0.29) is 11.7 Å². The lowest BCUT2D eigenvalue weighted by molar-refractivity contribution is 0.102. The Labute approximate surface area is 105 Å². The maximum atomic E-state index is 13.0. The molecule has 1 heterocycles. The van der Waals surface area contributed by atoms with Gasteiger partial charge < -0.3 is 5.32 Å². The summed E-state index contributed by atoms with van der Waals surface area (Å²) in [6.07, 6.45) is 2.78. The second-order valence-electron chi connectivity index (χ2n) is 3.21. The van der Waals surface area contributed by atoms with Crippen molar-refractivity contribution >= 4 is 27.5 Å². The zero-order valence-electron chi connectivity index (χ0n) is 8.52. The number of nitrogens with zero attached hydrogens (tertiary/aromatic N) is 2. The van der Waals surface area contributed by atoms with Crippen LogP contribution >= 0.6 is 15.9 Å². The molecule has 0 aliphatic heterocycles. The average Bonchev–Trinajstić information content (AvgIpc) is 2.35. The highest BCUT2D eigenvalue weighted by atomic mass is 79.9. The molecule has 0 spiro atoms. The Morgan fingerprint density at radius 1 is 1.29 bits per heavy atom. The van der Waals surface area contributed by atoms with Crippen molar-refractivity contribution < 1.29 is 9.18 Å². The fourth-order valence-corrected chi connectivity index (χ4v) is 1.58. The van der Waals surface area contributed by atoms with Gasteiger partial charge in [0.2, 0.25) is 0 Å². The first-order valence-electron chi connectivity index (χ1n) is 4.70. The predicted molar refractivity (Wildman–Crippen MR) is 64.1 cm³/mol. The van der Waals surface area contributed by atoms with Crippen LogP contribution in [0.2, 0.25) is 0 Å². The molecule has 86 valence electrons. The van der Waals surface area contributed by atoms with E-state index >= 15 is 0 Å². The first-order chi connectivity index (χ1) is 8.16. The summed E-state index contributed by atoms with van der Waals surface area (Å²) in [5.41, 5.74) is 0.889. The maximum absolute atomic E-state index is 13.0. The number of amides is 1. The molecule has 0 aliphatic carbocycles. The largest absolute Gasteiger partial charge is 0.322 e. The van der Waals surface area contributed by atoms with E-state index in [1.807, 2.05) is 0 Å². The standard InChI is InChI=1S/C11H7BrFN3O/c12-9-5-8(1-2-10(9)13)16-11(17)7-3-4-14-15-6-7/h1-6H,(H,16,17). The number of hydrogen-bond acceptors (Lipinski definition) is 3. The molecular weight excluding hydrogens is 289 g/mol. The van der Waals surface area contributed by atoms with Gasteiger partial charge in [-0.2, -0.15) is 10.2 Å². The van der Waals surface area contributed by atoms with Gasteiger partial charge in [-0.1, -0.05) is 0 Å². The van der Waals surface area contributed by atoms with Crippen LogP contribution in [0.1, 0.15) is 10.4 Å². The van der Waals surface area contributed by atoms with Crippen LogP contribution in [0.25, 0.3) is 0 Å². The Morgan fingerprint density at radius 2 is 2.12 bits per heavy atom. The summed E-state index contributed by atoms with van der Waals surface area (Å²) in [4.78, 5) is 11.7. The third kappa shape index (κ3) is 2.85. The van der Waals surface area contributed by atoms with Crippen LogP contribution in [0.15, 0.2) is 41.1 Å². The van der Waals surface area contributed by atoms with Gasteiger partial charge >= 0.3 is 0 Å². The van der Waals surface area contributed by atoms with Gasteiger partial charge in [0.05, 0.1) is 22.4 Å². The average molecular weight is 296 g/mol. The van der Waals surface area contributed by atoms with Gasteiger partial charge in [-0.05, 0) is 40.2 Å². The molecule has 0 aliphatic rings. The number of rotatable bonds is 2. The summed E-state index contributed by atoms with van der Waals surface area (Å²) < 4.78 is 13.3. The minimum absolute atomic E-state index is 0.295. The molecule has 1 amide bonds. The van der Waals surface area contributed by atoms with Gasteiger partial charge in [-0.25, -0.2) is 4.39 Å². The molecule has 0 saturated heterocycles. The van der Waals surface area contributed by atoms with E-state index in [1.165, 1.54) is 30.6 Å². The van der Waals surface area contributed by atoms with Gasteiger partial charge in [0.1, 0.15) is 5.82 Å². The number of anilines is 1. The van der Waals surface area contributed by atoms with Crippen molar-refractivity contribution in [2.75, 3.05) is 5.32 Å². The third-order valence-electron chi connectivity index (χ3n) is 2.02. The Morgan fingerprint density at radius 3 is 2.76 bits per heavy atom. The molecule has 2 rings (SSSR count). The van der Waals surface area contributed by atoms with Crippen molar-refractivity contribution in [1.82, 2.24) is 10.2 Å². The number of hydrogen-bond donors (Lipinski definition) is 1. The summed E-state index contributed by atoms with van der Waals surface area (Å²) >= 11 is 3.04. The first-order valence-corrected chi connectivity index (χ1v) is 5.49. The fourth-order valence-electron chi connectivity index (χ4n) is 1.20. The van der Waals surface area contributed by atoms with E-state index in [2.05, 4.69) is 31.4 Å². The second kappa shape index (κ2) is 5.01. The van der Waals surface area contributed by atoms with Crippen LogP contribution in [-0.2, 0) is 0 Å². The van der Waals surface area contributed by atoms with Crippen molar-refractivity contribution in [3.05, 3.63) is 52.5 Å². The Kier molecular flexibility index (Phi) is 3.43. The molecule has 1 aromatic carbocycles. The van der Waals surface area contributed by atoms with Gasteiger partial charge in [0.25, 0.3) is 5.91 Å². The molecular formula is C11H7BrFN3O. The zero-order chi connectivity index (χ0) is 12.3. The van der Waals surface area contributed by atoms with Crippen LogP contribution in [-0.4, -0.2) is 16.1 Å². The number of carbonyl (C=O) groups is 1. The highest BCUT2D eigenvalue weighted by Crippen LogP contribution is 2.20. The Hall–Kier alpha value is -1.82. The number of halogens is 2. The SMILES string of the molecule is O=C(Nc1ccc(F)c(Br)c1)c1ccnnc1. The summed E-state index contributed by atoms with van der Waals surface area (Å²) in [6, 6.07) is 5.78. The Balaban J connectivity index is 2.16. The maximum Gasteiger partial charge on any atom is 0.257 e. The molecule has 0 bridgehead atoms. The third-order valence-corrected chi connectivity index (χ3v) is 2.63. The van der Waals surface area contributed by atoms with Gasteiger partial charge in [-0.15, -0.1) is 0 Å². The van der Waals surface area contributed by atoms with E-state index in [0.29, 0.717) is 15.7 Å². The van der Waals surface area contributed by atoms with Crippen LogP contribution in [0.4, 0.5) is 10.1 Å². The van der Waals surface area contributed by atoms with Crippen LogP contribution in [0.3, 0.4) is 0 Å². The number of nitrogens with one attached hydrogen (secondary N) is 1. The van der Waals surface area contributed by atoms with Crippen molar-refractivity contribution in [3.63, 3.8) is 0 Å². The molecule has 17 heavy (non-hydrogen) atoms. The minimum atomic E-state index is -0.381. The van der Waals surface area contributed by atoms with Gasteiger partial charge in [-0.3, -0.25) is 4.79 Å². The highest BCUT2D eigenvalue weighted by molar-refractivity contribution is 9.10. The monoisotopic (exact) mass is 295 g/mol.